The van der Waals surface area contributed by atoms with Crippen LogP contribution in [0.1, 0.15) is 27.9 Å². The van der Waals surface area contributed by atoms with E-state index >= 15 is 0 Å². The number of carbonyl (C=O) groups excluding carboxylic acids is 1. The molecule has 3 aromatic rings. The summed E-state index contributed by atoms with van der Waals surface area (Å²) < 4.78 is 61.8. The lowest BCUT2D eigenvalue weighted by atomic mass is 10.1. The van der Waals surface area contributed by atoms with Crippen LogP contribution in [0, 0.1) is 11.7 Å². The zero-order chi connectivity index (χ0) is 26.7. The van der Waals surface area contributed by atoms with E-state index in [1.54, 1.807) is 35.2 Å². The Bertz CT molecular complexity index is 1390. The van der Waals surface area contributed by atoms with E-state index in [0.29, 0.717) is 12.1 Å². The zero-order valence-electron chi connectivity index (χ0n) is 19.6. The Morgan fingerprint density at radius 2 is 2.14 bits per heavy atom. The monoisotopic (exact) mass is 537 g/mol. The third-order valence-corrected chi connectivity index (χ3v) is 6.53. The summed E-state index contributed by atoms with van der Waals surface area (Å²) in [4.78, 5) is 21.2. The van der Waals surface area contributed by atoms with Gasteiger partial charge in [0.15, 0.2) is 17.3 Å². The predicted octanol–water partition coefficient (Wildman–Crippen LogP) is 1.42. The van der Waals surface area contributed by atoms with Crippen LogP contribution in [0.4, 0.5) is 14.6 Å². The fraction of sp³-hybridized carbons (Fsp3) is 0.348. The molecule has 198 valence electrons. The van der Waals surface area contributed by atoms with Crippen molar-refractivity contribution in [3.05, 3.63) is 71.7 Å². The second-order valence-electron chi connectivity index (χ2n) is 8.61. The van der Waals surface area contributed by atoms with Crippen LogP contribution in [0.3, 0.4) is 0 Å². The van der Waals surface area contributed by atoms with Gasteiger partial charge in [-0.1, -0.05) is 6.07 Å². The molecule has 0 saturated heterocycles. The molecule has 1 saturated carbocycles. The molecule has 0 spiro atoms. The van der Waals surface area contributed by atoms with Crippen molar-refractivity contribution < 1.29 is 36.0 Å². The molecule has 0 amide bonds. The van der Waals surface area contributed by atoms with Crippen LogP contribution in [0.15, 0.2) is 49.2 Å². The normalized spacial score (nSPS) is 21.6. The molecule has 14 heteroatoms. The summed E-state index contributed by atoms with van der Waals surface area (Å²) >= 11 is 0. The summed E-state index contributed by atoms with van der Waals surface area (Å²) in [5.41, 5.74) is 1.15. The van der Waals surface area contributed by atoms with Gasteiger partial charge in [-0.05, 0) is 30.2 Å². The smallest absolute Gasteiger partial charge is 0.333 e. The number of methoxy groups -OCH3 is 1. The molecule has 4 rings (SSSR count). The molecule has 4 atom stereocenters. The molecule has 1 aliphatic rings. The number of anilines is 1. The van der Waals surface area contributed by atoms with E-state index in [0.717, 1.165) is 5.56 Å². The maximum absolute atomic E-state index is 14.8. The summed E-state index contributed by atoms with van der Waals surface area (Å²) in [6.45, 7) is -0.132. The molecule has 0 bridgehead atoms. The number of nitrogens with two attached hydrogens (primary N) is 1. The number of alkyl halides is 1. The molecule has 1 aromatic carbocycles. The Labute approximate surface area is 211 Å². The van der Waals surface area contributed by atoms with E-state index in [2.05, 4.69) is 19.5 Å². The van der Waals surface area contributed by atoms with Crippen molar-refractivity contribution in [3.63, 3.8) is 0 Å². The number of hydrogen-bond donors (Lipinski definition) is 3. The number of rotatable bonds is 10. The zero-order valence-corrected chi connectivity index (χ0v) is 20.4. The molecule has 2 heterocycles. The molecule has 4 N–H and O–H groups in total. The van der Waals surface area contributed by atoms with Crippen molar-refractivity contribution in [2.24, 2.45) is 11.1 Å². The SMILES string of the molecule is COc1cc(Cn2ccc(C(=O)c3cncnc3N[C@@H]3C[C@H](COS(N)(=O)=O)[C@@H](O)[C@@H]3F)c2)ccc1F. The minimum atomic E-state index is -4.25. The average molecular weight is 538 g/mol. The number of carbonyl (C=O) groups is 1. The maximum atomic E-state index is 14.8. The lowest BCUT2D eigenvalue weighted by molar-refractivity contribution is 0.0501. The van der Waals surface area contributed by atoms with Gasteiger partial charge in [-0.25, -0.2) is 23.9 Å². The molecule has 1 aliphatic carbocycles. The number of aromatic nitrogens is 3. The Balaban J connectivity index is 1.47. The highest BCUT2D eigenvalue weighted by Crippen LogP contribution is 2.32. The Hall–Kier alpha value is -3.46. The predicted molar refractivity (Wildman–Crippen MR) is 127 cm³/mol. The summed E-state index contributed by atoms with van der Waals surface area (Å²) in [7, 11) is -2.87. The van der Waals surface area contributed by atoms with Crippen molar-refractivity contribution in [1.29, 1.82) is 0 Å². The maximum Gasteiger partial charge on any atom is 0.333 e. The van der Waals surface area contributed by atoms with Crippen LogP contribution in [-0.2, 0) is 21.0 Å². The van der Waals surface area contributed by atoms with Crippen molar-refractivity contribution in [2.45, 2.75) is 31.3 Å². The first kappa shape index (κ1) is 26.6. The number of aliphatic hydroxyl groups excluding tert-OH is 1. The van der Waals surface area contributed by atoms with Crippen LogP contribution in [-0.4, -0.2) is 65.9 Å². The molecular formula is C23H25F2N5O6S. The molecule has 37 heavy (non-hydrogen) atoms. The Kier molecular flexibility index (Phi) is 7.82. The minimum absolute atomic E-state index is 0.00694. The number of aliphatic hydroxyl groups is 1. The molecule has 0 unspecified atom stereocenters. The molecule has 2 aromatic heterocycles. The van der Waals surface area contributed by atoms with E-state index in [9.17, 15) is 27.1 Å². The first-order chi connectivity index (χ1) is 17.6. The van der Waals surface area contributed by atoms with Gasteiger partial charge in [0, 0.05) is 36.6 Å². The number of ether oxygens (including phenoxy) is 1. The van der Waals surface area contributed by atoms with Gasteiger partial charge in [-0.3, -0.25) is 8.98 Å². The third kappa shape index (κ3) is 6.28. The topological polar surface area (TPSA) is 159 Å². The van der Waals surface area contributed by atoms with Crippen molar-refractivity contribution in [3.8, 4) is 5.75 Å². The van der Waals surface area contributed by atoms with E-state index < -0.39 is 52.7 Å². The molecule has 0 aliphatic heterocycles. The number of ketones is 1. The lowest BCUT2D eigenvalue weighted by Crippen LogP contribution is -2.33. The summed E-state index contributed by atoms with van der Waals surface area (Å²) in [5.74, 6) is -1.58. The van der Waals surface area contributed by atoms with E-state index in [-0.39, 0.29) is 23.6 Å². The summed E-state index contributed by atoms with van der Waals surface area (Å²) in [5, 5.41) is 17.8. The van der Waals surface area contributed by atoms with E-state index in [1.165, 1.54) is 25.7 Å². The minimum Gasteiger partial charge on any atom is -0.494 e. The number of nitrogens with one attached hydrogen (secondary N) is 1. The fourth-order valence-corrected chi connectivity index (χ4v) is 4.57. The van der Waals surface area contributed by atoms with Gasteiger partial charge in [0.2, 0.25) is 0 Å². The lowest BCUT2D eigenvalue weighted by Gasteiger charge is -2.18. The highest BCUT2D eigenvalue weighted by atomic mass is 32.2. The van der Waals surface area contributed by atoms with Gasteiger partial charge in [-0.2, -0.15) is 8.42 Å². The van der Waals surface area contributed by atoms with Crippen molar-refractivity contribution >= 4 is 21.9 Å². The Morgan fingerprint density at radius 1 is 1.35 bits per heavy atom. The standard InChI is InChI=1S/C23H25F2N5O6S/c1-35-19-6-13(2-3-17(19)24)9-30-5-4-14(10-30)21(31)16-8-27-12-28-23(16)29-18-7-15(22(32)20(18)25)11-36-37(26,33)34/h2-6,8,10,12,15,18,20,22,32H,7,9,11H2,1H3,(H2,26,33,34)(H,27,28,29)/t15-,18-,20-,22-/m1/s1. The van der Waals surface area contributed by atoms with Gasteiger partial charge in [-0.15, -0.1) is 0 Å². The second-order valence-corrected chi connectivity index (χ2v) is 9.84. The molecule has 0 radical (unpaired) electrons. The van der Waals surface area contributed by atoms with E-state index in [1.807, 2.05) is 0 Å². The van der Waals surface area contributed by atoms with Gasteiger partial charge >= 0.3 is 10.3 Å². The molecule has 1 fully saturated rings. The second kappa shape index (κ2) is 10.9. The summed E-state index contributed by atoms with van der Waals surface area (Å²) in [6.07, 6.45) is 2.49. The van der Waals surface area contributed by atoms with Gasteiger partial charge in [0.05, 0.1) is 31.4 Å². The number of hydrogen-bond acceptors (Lipinski definition) is 9. The molecular weight excluding hydrogens is 512 g/mol. The van der Waals surface area contributed by atoms with Gasteiger partial charge < -0.3 is 19.7 Å². The van der Waals surface area contributed by atoms with Gasteiger partial charge in [0.25, 0.3) is 0 Å². The number of halogens is 2. The number of nitrogens with zero attached hydrogens (tertiary/aromatic N) is 3. The van der Waals surface area contributed by atoms with Crippen LogP contribution in [0.2, 0.25) is 0 Å². The van der Waals surface area contributed by atoms with Gasteiger partial charge in [0.1, 0.15) is 18.3 Å². The van der Waals surface area contributed by atoms with Crippen molar-refractivity contribution in [2.75, 3.05) is 19.0 Å². The third-order valence-electron chi connectivity index (χ3n) is 6.07. The largest absolute Gasteiger partial charge is 0.494 e. The highest BCUT2D eigenvalue weighted by molar-refractivity contribution is 7.84. The van der Waals surface area contributed by atoms with Crippen LogP contribution in [0.25, 0.3) is 0 Å². The fourth-order valence-electron chi connectivity index (χ4n) is 4.21. The quantitative estimate of drug-likeness (QED) is 0.325. The van der Waals surface area contributed by atoms with Crippen LogP contribution < -0.4 is 15.2 Å². The number of benzene rings is 1. The first-order valence-electron chi connectivity index (χ1n) is 11.1. The average Bonchev–Trinajstić information content (AvgIpc) is 3.43. The Morgan fingerprint density at radius 3 is 2.86 bits per heavy atom. The van der Waals surface area contributed by atoms with Crippen LogP contribution in [0.5, 0.6) is 5.75 Å². The van der Waals surface area contributed by atoms with Crippen LogP contribution >= 0.6 is 0 Å². The molecule has 11 nitrogen and oxygen atoms in total. The van der Waals surface area contributed by atoms with Crippen molar-refractivity contribution in [1.82, 2.24) is 14.5 Å². The van der Waals surface area contributed by atoms with E-state index in [4.69, 9.17) is 9.88 Å². The summed E-state index contributed by atoms with van der Waals surface area (Å²) in [6, 6.07) is 5.10. The highest BCUT2D eigenvalue weighted by Gasteiger charge is 2.44. The first-order valence-corrected chi connectivity index (χ1v) is 12.6.